The molecule has 0 aromatic heterocycles. The van der Waals surface area contributed by atoms with Gasteiger partial charge in [-0.2, -0.15) is 4.31 Å². The molecule has 0 aromatic carbocycles. The Morgan fingerprint density at radius 2 is 1.83 bits per heavy atom. The summed E-state index contributed by atoms with van der Waals surface area (Å²) >= 11 is 2.49. The predicted octanol–water partition coefficient (Wildman–Crippen LogP) is 0.781. The average Bonchev–Trinajstić information content (AvgIpc) is 1.86. The molecular weight excluding hydrogens is 246 g/mol. The highest BCUT2D eigenvalue weighted by atomic mass is 79.9. The maximum absolute atomic E-state index is 10.9. The van der Waals surface area contributed by atoms with Crippen molar-refractivity contribution in [3.05, 3.63) is 0 Å². The number of aldehydes is 1. The average molecular weight is 258 g/mol. The summed E-state index contributed by atoms with van der Waals surface area (Å²) in [6, 6.07) is -0.602. The number of rotatable bonds is 4. The zero-order valence-electron chi connectivity index (χ0n) is 7.19. The van der Waals surface area contributed by atoms with Gasteiger partial charge >= 0.3 is 0 Å². The number of carbonyl (C=O) groups is 1. The molecule has 0 aromatic rings. The van der Waals surface area contributed by atoms with Crippen molar-refractivity contribution >= 4 is 29.6 Å². The van der Waals surface area contributed by atoms with Gasteiger partial charge in [0.1, 0.15) is 6.29 Å². The van der Waals surface area contributed by atoms with Gasteiger partial charge in [0.25, 0.3) is 8.46 Å². The summed E-state index contributed by atoms with van der Waals surface area (Å²) in [5.74, 6) is -0.0279. The lowest BCUT2D eigenvalue weighted by molar-refractivity contribution is -0.111. The summed E-state index contributed by atoms with van der Waals surface area (Å²) < 4.78 is 22.8. The van der Waals surface area contributed by atoms with Crippen molar-refractivity contribution in [1.29, 1.82) is 0 Å². The zero-order chi connectivity index (χ0) is 9.94. The van der Waals surface area contributed by atoms with Gasteiger partial charge in [-0.15, -0.1) is 0 Å². The highest BCUT2D eigenvalue weighted by molar-refractivity contribution is 9.47. The fourth-order valence-corrected chi connectivity index (χ4v) is 1.97. The van der Waals surface area contributed by atoms with E-state index in [1.165, 1.54) is 7.05 Å². The first-order valence-corrected chi connectivity index (χ1v) is 6.72. The van der Waals surface area contributed by atoms with E-state index in [4.69, 9.17) is 0 Å². The summed E-state index contributed by atoms with van der Waals surface area (Å²) in [4.78, 5) is 10.5. The molecule has 0 saturated heterocycles. The van der Waals surface area contributed by atoms with Crippen molar-refractivity contribution in [2.45, 2.75) is 19.9 Å². The van der Waals surface area contributed by atoms with Gasteiger partial charge in [-0.1, -0.05) is 13.8 Å². The number of hydrogen-bond acceptors (Lipinski definition) is 3. The van der Waals surface area contributed by atoms with Crippen molar-refractivity contribution in [3.8, 4) is 0 Å². The van der Waals surface area contributed by atoms with Gasteiger partial charge in [0, 0.05) is 7.05 Å². The maximum Gasteiger partial charge on any atom is 0.274 e. The monoisotopic (exact) mass is 257 g/mol. The Bertz CT molecular complexity index is 250. The molecule has 0 fully saturated rings. The summed E-state index contributed by atoms with van der Waals surface area (Å²) in [5.41, 5.74) is 0. The van der Waals surface area contributed by atoms with Crippen LogP contribution in [0.3, 0.4) is 0 Å². The van der Waals surface area contributed by atoms with Crippen molar-refractivity contribution < 1.29 is 13.2 Å². The van der Waals surface area contributed by atoms with Gasteiger partial charge in [0.15, 0.2) is 0 Å². The second-order valence-electron chi connectivity index (χ2n) is 2.83. The second-order valence-corrected chi connectivity index (χ2v) is 6.68. The van der Waals surface area contributed by atoms with E-state index in [9.17, 15) is 13.2 Å². The van der Waals surface area contributed by atoms with E-state index in [0.29, 0.717) is 6.29 Å². The topological polar surface area (TPSA) is 54.5 Å². The van der Waals surface area contributed by atoms with Gasteiger partial charge in [-0.05, 0) is 5.92 Å². The smallest absolute Gasteiger partial charge is 0.274 e. The van der Waals surface area contributed by atoms with Crippen LogP contribution in [-0.2, 0) is 13.3 Å². The largest absolute Gasteiger partial charge is 0.302 e. The minimum Gasteiger partial charge on any atom is -0.302 e. The second kappa shape index (κ2) is 4.34. The van der Waals surface area contributed by atoms with Gasteiger partial charge in [0.2, 0.25) is 0 Å². The number of likely N-dealkylation sites (N-methyl/N-ethyl adjacent to an activating group) is 1. The standard InChI is InChI=1S/C6H12BrNO3S/c1-5(2)6(4-9)8(3)12(7,10)11/h4-6H,1-3H3/t6-/m1/s1. The van der Waals surface area contributed by atoms with E-state index in [1.807, 2.05) is 0 Å². The van der Waals surface area contributed by atoms with Crippen molar-refractivity contribution in [3.63, 3.8) is 0 Å². The number of carbonyl (C=O) groups excluding carboxylic acids is 1. The highest BCUT2D eigenvalue weighted by Crippen LogP contribution is 2.14. The summed E-state index contributed by atoms with van der Waals surface area (Å²) in [7, 11) is -2.08. The molecule has 0 amide bonds. The summed E-state index contributed by atoms with van der Waals surface area (Å²) in [5, 5.41) is 0. The van der Waals surface area contributed by atoms with E-state index in [2.05, 4.69) is 14.8 Å². The molecule has 0 heterocycles. The lowest BCUT2D eigenvalue weighted by Crippen LogP contribution is -2.38. The Hall–Kier alpha value is 0.0600. The first-order valence-electron chi connectivity index (χ1n) is 3.43. The van der Waals surface area contributed by atoms with Crippen LogP contribution in [0, 0.1) is 5.92 Å². The molecule has 0 saturated carbocycles. The third-order valence-electron chi connectivity index (χ3n) is 1.59. The van der Waals surface area contributed by atoms with Gasteiger partial charge in [-0.25, -0.2) is 8.42 Å². The molecular formula is C6H12BrNO3S. The van der Waals surface area contributed by atoms with Crippen LogP contribution in [0.5, 0.6) is 0 Å². The highest BCUT2D eigenvalue weighted by Gasteiger charge is 2.25. The molecule has 1 atom stereocenters. The number of halogens is 1. The third kappa shape index (κ3) is 3.20. The normalized spacial score (nSPS) is 15.2. The van der Waals surface area contributed by atoms with Gasteiger partial charge < -0.3 is 4.79 Å². The van der Waals surface area contributed by atoms with Crippen LogP contribution in [0.2, 0.25) is 0 Å². The molecule has 12 heavy (non-hydrogen) atoms. The quantitative estimate of drug-likeness (QED) is 0.553. The summed E-state index contributed by atoms with van der Waals surface area (Å²) in [6.07, 6.45) is 0.628. The van der Waals surface area contributed by atoms with Crippen molar-refractivity contribution in [2.75, 3.05) is 7.05 Å². The maximum atomic E-state index is 10.9. The fourth-order valence-electron chi connectivity index (χ4n) is 0.808. The molecule has 0 radical (unpaired) electrons. The number of nitrogens with zero attached hydrogens (tertiary/aromatic N) is 1. The van der Waals surface area contributed by atoms with Crippen LogP contribution in [-0.4, -0.2) is 32.1 Å². The van der Waals surface area contributed by atoms with E-state index < -0.39 is 14.5 Å². The number of hydrogen-bond donors (Lipinski definition) is 0. The molecule has 0 bridgehead atoms. The molecule has 0 aliphatic carbocycles. The fraction of sp³-hybridized carbons (Fsp3) is 0.833. The lowest BCUT2D eigenvalue weighted by Gasteiger charge is -2.22. The van der Waals surface area contributed by atoms with Crippen LogP contribution < -0.4 is 0 Å². The minimum atomic E-state index is -3.44. The van der Waals surface area contributed by atoms with E-state index in [-0.39, 0.29) is 5.92 Å². The first-order chi connectivity index (χ1) is 5.30. The van der Waals surface area contributed by atoms with Crippen LogP contribution in [0.1, 0.15) is 13.8 Å². The van der Waals surface area contributed by atoms with Gasteiger partial charge in [-0.3, -0.25) is 0 Å². The molecule has 0 N–H and O–H groups in total. The Morgan fingerprint density at radius 1 is 1.42 bits per heavy atom. The Morgan fingerprint density at radius 3 is 1.92 bits per heavy atom. The third-order valence-corrected chi connectivity index (χ3v) is 3.89. The molecule has 4 nitrogen and oxygen atoms in total. The van der Waals surface area contributed by atoms with Crippen LogP contribution in [0.25, 0.3) is 0 Å². The van der Waals surface area contributed by atoms with Crippen molar-refractivity contribution in [2.24, 2.45) is 5.92 Å². The summed E-state index contributed by atoms with van der Waals surface area (Å²) in [6.45, 7) is 3.57. The minimum absolute atomic E-state index is 0.0279. The van der Waals surface area contributed by atoms with Crippen LogP contribution in [0.15, 0.2) is 0 Å². The molecule has 72 valence electrons. The SMILES string of the molecule is CC(C)[C@@H](C=O)N(C)S(=O)(=O)Br. The Labute approximate surface area is 80.2 Å². The molecule has 0 aliphatic heterocycles. The molecule has 0 aliphatic rings. The first kappa shape index (κ1) is 12.1. The molecule has 0 rings (SSSR count). The Kier molecular flexibility index (Phi) is 4.36. The Balaban J connectivity index is 4.65. The van der Waals surface area contributed by atoms with Crippen LogP contribution >= 0.6 is 14.8 Å². The van der Waals surface area contributed by atoms with Gasteiger partial charge in [0.05, 0.1) is 20.9 Å². The molecule has 6 heteroatoms. The lowest BCUT2D eigenvalue weighted by atomic mass is 10.1. The van der Waals surface area contributed by atoms with Crippen LogP contribution in [0.4, 0.5) is 0 Å². The molecule has 0 spiro atoms. The zero-order valence-corrected chi connectivity index (χ0v) is 9.59. The van der Waals surface area contributed by atoms with E-state index in [1.54, 1.807) is 13.8 Å². The van der Waals surface area contributed by atoms with E-state index in [0.717, 1.165) is 4.31 Å². The van der Waals surface area contributed by atoms with Crippen molar-refractivity contribution in [1.82, 2.24) is 4.31 Å². The van der Waals surface area contributed by atoms with E-state index >= 15 is 0 Å². The predicted molar refractivity (Wildman–Crippen MR) is 50.3 cm³/mol. The molecule has 0 unspecified atom stereocenters.